The second kappa shape index (κ2) is 6.44. The zero-order chi connectivity index (χ0) is 12.8. The molecule has 0 unspecified atom stereocenters. The van der Waals surface area contributed by atoms with Gasteiger partial charge in [0.05, 0.1) is 0 Å². The molecule has 1 heterocycles. The van der Waals surface area contributed by atoms with Crippen molar-refractivity contribution in [2.24, 2.45) is 5.73 Å². The Bertz CT molecular complexity index is 273. The Hall–Kier alpha value is -1.30. The number of amides is 2. The van der Waals surface area contributed by atoms with Crippen LogP contribution in [0.5, 0.6) is 0 Å². The molecule has 0 aromatic rings. The zero-order valence-electron chi connectivity index (χ0n) is 10.5. The number of hydrogen-bond acceptors (Lipinski definition) is 4. The highest BCUT2D eigenvalue weighted by molar-refractivity contribution is 5.76. The molecule has 0 atom stereocenters. The molecule has 1 fully saturated rings. The first-order chi connectivity index (χ1) is 7.99. The zero-order valence-corrected chi connectivity index (χ0v) is 10.5. The average molecular weight is 243 g/mol. The van der Waals surface area contributed by atoms with E-state index in [0.29, 0.717) is 32.4 Å². The maximum atomic E-state index is 11.8. The van der Waals surface area contributed by atoms with Crippen molar-refractivity contribution >= 4 is 12.0 Å². The molecule has 1 rings (SSSR count). The summed E-state index contributed by atoms with van der Waals surface area (Å²) in [4.78, 5) is 26.2. The largest absolute Gasteiger partial charge is 0.446 e. The summed E-state index contributed by atoms with van der Waals surface area (Å²) in [6.07, 6.45) is 1.02. The molecular weight excluding hydrogens is 222 g/mol. The summed E-state index contributed by atoms with van der Waals surface area (Å²) in [6.45, 7) is 2.05. The number of nitrogens with two attached hydrogens (primary N) is 1. The summed E-state index contributed by atoms with van der Waals surface area (Å²) < 4.78 is 4.91. The lowest BCUT2D eigenvalue weighted by atomic mass is 10.1. The van der Waals surface area contributed by atoms with E-state index in [1.165, 1.54) is 0 Å². The van der Waals surface area contributed by atoms with Crippen LogP contribution >= 0.6 is 0 Å². The molecular formula is C11H21N3O3. The van der Waals surface area contributed by atoms with Crippen LogP contribution in [0.2, 0.25) is 0 Å². The fraction of sp³-hybridized carbons (Fsp3) is 0.818. The van der Waals surface area contributed by atoms with Crippen LogP contribution in [-0.2, 0) is 9.53 Å². The van der Waals surface area contributed by atoms with E-state index in [1.54, 1.807) is 0 Å². The summed E-state index contributed by atoms with van der Waals surface area (Å²) in [7, 11) is 3.89. The maximum Gasteiger partial charge on any atom is 0.404 e. The average Bonchev–Trinajstić information content (AvgIpc) is 2.26. The number of primary amides is 1. The number of rotatable bonds is 4. The molecule has 2 N–H and O–H groups in total. The van der Waals surface area contributed by atoms with Gasteiger partial charge < -0.3 is 20.3 Å². The molecule has 2 amide bonds. The standard InChI is InChI=1S/C11H21N3O3/c1-13(2)6-5-10(15)14-7-3-9(4-8-14)17-11(12)16/h9H,3-8H2,1-2H3,(H2,12,16). The number of carbonyl (C=O) groups is 2. The van der Waals surface area contributed by atoms with Crippen LogP contribution < -0.4 is 5.73 Å². The van der Waals surface area contributed by atoms with Crippen molar-refractivity contribution in [1.29, 1.82) is 0 Å². The summed E-state index contributed by atoms with van der Waals surface area (Å²) in [5, 5.41) is 0. The first-order valence-corrected chi connectivity index (χ1v) is 5.87. The molecule has 0 spiro atoms. The van der Waals surface area contributed by atoms with Crippen LogP contribution in [0.15, 0.2) is 0 Å². The number of hydrogen-bond donors (Lipinski definition) is 1. The van der Waals surface area contributed by atoms with Crippen LogP contribution in [0.25, 0.3) is 0 Å². The molecule has 1 aliphatic heterocycles. The molecule has 1 aliphatic rings. The minimum absolute atomic E-state index is 0.134. The van der Waals surface area contributed by atoms with Gasteiger partial charge in [-0.2, -0.15) is 0 Å². The summed E-state index contributed by atoms with van der Waals surface area (Å²) in [5.41, 5.74) is 4.95. The van der Waals surface area contributed by atoms with Gasteiger partial charge in [0.15, 0.2) is 0 Å². The fourth-order valence-electron chi connectivity index (χ4n) is 1.86. The quantitative estimate of drug-likeness (QED) is 0.755. The number of nitrogens with zero attached hydrogens (tertiary/aromatic N) is 2. The highest BCUT2D eigenvalue weighted by Crippen LogP contribution is 2.14. The predicted molar refractivity (Wildman–Crippen MR) is 63.4 cm³/mol. The molecule has 0 aromatic carbocycles. The summed E-state index contributed by atoms with van der Waals surface area (Å²) in [6, 6.07) is 0. The third kappa shape index (κ3) is 5.04. The van der Waals surface area contributed by atoms with Crippen LogP contribution in [0.1, 0.15) is 19.3 Å². The van der Waals surface area contributed by atoms with Crippen molar-refractivity contribution in [1.82, 2.24) is 9.80 Å². The van der Waals surface area contributed by atoms with Gasteiger partial charge in [-0.15, -0.1) is 0 Å². The second-order valence-electron chi connectivity index (χ2n) is 4.57. The Morgan fingerprint density at radius 1 is 1.35 bits per heavy atom. The SMILES string of the molecule is CN(C)CCC(=O)N1CCC(OC(N)=O)CC1. The monoisotopic (exact) mass is 243 g/mol. The predicted octanol–water partition coefficient (Wildman–Crippen LogP) is 0.0244. The Morgan fingerprint density at radius 3 is 2.41 bits per heavy atom. The van der Waals surface area contributed by atoms with E-state index in [1.807, 2.05) is 23.9 Å². The topological polar surface area (TPSA) is 75.9 Å². The van der Waals surface area contributed by atoms with Gasteiger partial charge in [-0.1, -0.05) is 0 Å². The summed E-state index contributed by atoms with van der Waals surface area (Å²) >= 11 is 0. The van der Waals surface area contributed by atoms with Crippen molar-refractivity contribution in [3.63, 3.8) is 0 Å². The van der Waals surface area contributed by atoms with Crippen molar-refractivity contribution < 1.29 is 14.3 Å². The normalized spacial score (nSPS) is 17.2. The lowest BCUT2D eigenvalue weighted by molar-refractivity contribution is -0.133. The fourth-order valence-corrected chi connectivity index (χ4v) is 1.86. The molecule has 1 saturated heterocycles. The van der Waals surface area contributed by atoms with E-state index < -0.39 is 6.09 Å². The maximum absolute atomic E-state index is 11.8. The van der Waals surface area contributed by atoms with Crippen LogP contribution in [-0.4, -0.2) is 61.6 Å². The molecule has 0 bridgehead atoms. The molecule has 17 heavy (non-hydrogen) atoms. The number of piperidine rings is 1. The number of likely N-dealkylation sites (tertiary alicyclic amines) is 1. The van der Waals surface area contributed by atoms with Crippen molar-refractivity contribution in [2.45, 2.75) is 25.4 Å². The van der Waals surface area contributed by atoms with Gasteiger partial charge in [0.1, 0.15) is 6.10 Å². The second-order valence-corrected chi connectivity index (χ2v) is 4.57. The first-order valence-electron chi connectivity index (χ1n) is 5.87. The van der Waals surface area contributed by atoms with Crippen LogP contribution in [0.4, 0.5) is 4.79 Å². The van der Waals surface area contributed by atoms with Gasteiger partial charge in [-0.3, -0.25) is 4.79 Å². The van der Waals surface area contributed by atoms with E-state index in [0.717, 1.165) is 6.54 Å². The van der Waals surface area contributed by atoms with Gasteiger partial charge in [0.25, 0.3) is 0 Å². The molecule has 98 valence electrons. The van der Waals surface area contributed by atoms with Crippen molar-refractivity contribution in [2.75, 3.05) is 33.7 Å². The molecule has 0 saturated carbocycles. The van der Waals surface area contributed by atoms with E-state index in [2.05, 4.69) is 0 Å². The third-order valence-electron chi connectivity index (χ3n) is 2.85. The molecule has 6 nitrogen and oxygen atoms in total. The molecule has 0 aromatic heterocycles. The Balaban J connectivity index is 2.26. The van der Waals surface area contributed by atoms with Crippen molar-refractivity contribution in [3.8, 4) is 0 Å². The highest BCUT2D eigenvalue weighted by atomic mass is 16.6. The minimum Gasteiger partial charge on any atom is -0.446 e. The Morgan fingerprint density at radius 2 is 1.94 bits per heavy atom. The van der Waals surface area contributed by atoms with Gasteiger partial charge in [-0.05, 0) is 14.1 Å². The van der Waals surface area contributed by atoms with E-state index in [4.69, 9.17) is 10.5 Å². The van der Waals surface area contributed by atoms with Gasteiger partial charge in [0.2, 0.25) is 5.91 Å². The first kappa shape index (κ1) is 13.8. The molecule has 6 heteroatoms. The van der Waals surface area contributed by atoms with E-state index in [-0.39, 0.29) is 12.0 Å². The van der Waals surface area contributed by atoms with Crippen molar-refractivity contribution in [3.05, 3.63) is 0 Å². The number of ether oxygens (including phenoxy) is 1. The Kier molecular flexibility index (Phi) is 5.21. The lowest BCUT2D eigenvalue weighted by Crippen LogP contribution is -2.42. The third-order valence-corrected chi connectivity index (χ3v) is 2.85. The van der Waals surface area contributed by atoms with Crippen LogP contribution in [0, 0.1) is 0 Å². The van der Waals surface area contributed by atoms with E-state index in [9.17, 15) is 9.59 Å². The molecule has 0 aliphatic carbocycles. The highest BCUT2D eigenvalue weighted by Gasteiger charge is 2.24. The smallest absolute Gasteiger partial charge is 0.404 e. The van der Waals surface area contributed by atoms with Gasteiger partial charge >= 0.3 is 6.09 Å². The van der Waals surface area contributed by atoms with Crippen LogP contribution in [0.3, 0.4) is 0 Å². The number of carbonyl (C=O) groups excluding carboxylic acids is 2. The van der Waals surface area contributed by atoms with Gasteiger partial charge in [0, 0.05) is 38.9 Å². The Labute approximate surface area is 102 Å². The lowest BCUT2D eigenvalue weighted by Gasteiger charge is -2.31. The molecule has 0 radical (unpaired) electrons. The minimum atomic E-state index is -0.734. The van der Waals surface area contributed by atoms with Gasteiger partial charge in [-0.25, -0.2) is 4.79 Å². The van der Waals surface area contributed by atoms with E-state index >= 15 is 0 Å². The summed E-state index contributed by atoms with van der Waals surface area (Å²) in [5.74, 6) is 0.163.